The quantitative estimate of drug-likeness (QED) is 0.715. The first-order chi connectivity index (χ1) is 12.0. The molecule has 0 saturated heterocycles. The molecule has 1 aromatic carbocycles. The minimum atomic E-state index is -0.523. The second-order valence-electron chi connectivity index (χ2n) is 5.34. The molecule has 2 N–H and O–H groups in total. The van der Waals surface area contributed by atoms with Crippen molar-refractivity contribution in [2.24, 2.45) is 0 Å². The lowest BCUT2D eigenvalue weighted by Gasteiger charge is -2.10. The van der Waals surface area contributed by atoms with Gasteiger partial charge < -0.3 is 19.4 Å². The Morgan fingerprint density at radius 1 is 1.16 bits per heavy atom. The van der Waals surface area contributed by atoms with Gasteiger partial charge in [-0.15, -0.1) is 0 Å². The van der Waals surface area contributed by atoms with E-state index in [1.807, 2.05) is 18.2 Å². The number of carbonyl (C=O) groups is 1. The van der Waals surface area contributed by atoms with Crippen molar-refractivity contribution in [2.75, 3.05) is 20.8 Å². The zero-order chi connectivity index (χ0) is 18.2. The highest BCUT2D eigenvalue weighted by Crippen LogP contribution is 2.27. The van der Waals surface area contributed by atoms with Crippen LogP contribution in [0.25, 0.3) is 0 Å². The Hall–Kier alpha value is -3.03. The molecule has 134 valence electrons. The summed E-state index contributed by atoms with van der Waals surface area (Å²) in [7, 11) is 3.15. The Balaban J connectivity index is 1.80. The number of hydrogen-bond donors (Lipinski definition) is 2. The highest BCUT2D eigenvalue weighted by atomic mass is 16.5. The molecular formula is C17H21N3O5. The van der Waals surface area contributed by atoms with Crippen LogP contribution in [0.5, 0.6) is 11.5 Å². The molecule has 0 bridgehead atoms. The Labute approximate surface area is 144 Å². The van der Waals surface area contributed by atoms with Crippen LogP contribution in [-0.2, 0) is 17.8 Å². The number of nitrogens with zero attached hydrogens (tertiary/aromatic N) is 1. The molecule has 1 heterocycles. The fourth-order valence-corrected chi connectivity index (χ4v) is 2.31. The fourth-order valence-electron chi connectivity index (χ4n) is 2.31. The minimum Gasteiger partial charge on any atom is -0.493 e. The number of nitrogens with one attached hydrogen (secondary N) is 2. The van der Waals surface area contributed by atoms with Gasteiger partial charge in [0, 0.05) is 31.8 Å². The molecule has 25 heavy (non-hydrogen) atoms. The molecular weight excluding hydrogens is 326 g/mol. The van der Waals surface area contributed by atoms with Crippen LogP contribution in [0.1, 0.15) is 12.0 Å². The Bertz CT molecular complexity index is 841. The molecule has 0 spiro atoms. The SMILES string of the molecule is COc1ccc(CCNC(=O)CCn2ccc(=O)[nH]c2=O)cc1OC. The highest BCUT2D eigenvalue weighted by Gasteiger charge is 2.06. The van der Waals surface area contributed by atoms with Crippen molar-refractivity contribution in [1.29, 1.82) is 0 Å². The average Bonchev–Trinajstić information content (AvgIpc) is 2.60. The van der Waals surface area contributed by atoms with Gasteiger partial charge in [0.2, 0.25) is 5.91 Å². The summed E-state index contributed by atoms with van der Waals surface area (Å²) < 4.78 is 11.7. The number of H-pyrrole nitrogens is 1. The van der Waals surface area contributed by atoms with Gasteiger partial charge in [0.15, 0.2) is 11.5 Å². The largest absolute Gasteiger partial charge is 0.493 e. The van der Waals surface area contributed by atoms with E-state index >= 15 is 0 Å². The maximum Gasteiger partial charge on any atom is 0.328 e. The van der Waals surface area contributed by atoms with Gasteiger partial charge in [-0.3, -0.25) is 14.6 Å². The van der Waals surface area contributed by atoms with Crippen LogP contribution >= 0.6 is 0 Å². The summed E-state index contributed by atoms with van der Waals surface area (Å²) in [5.41, 5.74) is 0.0288. The van der Waals surface area contributed by atoms with Gasteiger partial charge in [-0.25, -0.2) is 4.79 Å². The molecule has 0 radical (unpaired) electrons. The summed E-state index contributed by atoms with van der Waals surface area (Å²) in [4.78, 5) is 36.5. The molecule has 2 rings (SSSR count). The predicted octanol–water partition coefficient (Wildman–Crippen LogP) is 0.303. The third kappa shape index (κ3) is 5.23. The van der Waals surface area contributed by atoms with E-state index in [2.05, 4.69) is 10.3 Å². The van der Waals surface area contributed by atoms with E-state index in [0.717, 1.165) is 5.56 Å². The normalized spacial score (nSPS) is 10.3. The van der Waals surface area contributed by atoms with Crippen LogP contribution in [0.3, 0.4) is 0 Å². The predicted molar refractivity (Wildman–Crippen MR) is 92.2 cm³/mol. The first-order valence-corrected chi connectivity index (χ1v) is 7.81. The highest BCUT2D eigenvalue weighted by molar-refractivity contribution is 5.75. The number of ether oxygens (including phenoxy) is 2. The standard InChI is InChI=1S/C17H21N3O5/c1-24-13-4-3-12(11-14(13)25-2)5-8-18-15(21)6-9-20-10-7-16(22)19-17(20)23/h3-4,7,10-11H,5-6,8-9H2,1-2H3,(H,18,21)(H,19,22,23). The van der Waals surface area contributed by atoms with Crippen LogP contribution in [-0.4, -0.2) is 36.2 Å². The third-order valence-electron chi connectivity index (χ3n) is 3.66. The number of aromatic nitrogens is 2. The number of aromatic amines is 1. The number of carbonyl (C=O) groups excluding carboxylic acids is 1. The molecule has 2 aromatic rings. The van der Waals surface area contributed by atoms with Crippen molar-refractivity contribution in [3.05, 3.63) is 56.9 Å². The van der Waals surface area contributed by atoms with E-state index in [1.54, 1.807) is 14.2 Å². The molecule has 0 aliphatic rings. The van der Waals surface area contributed by atoms with E-state index in [0.29, 0.717) is 24.5 Å². The summed E-state index contributed by atoms with van der Waals surface area (Å²) in [5.74, 6) is 1.13. The number of aryl methyl sites for hydroxylation is 1. The van der Waals surface area contributed by atoms with Crippen molar-refractivity contribution in [1.82, 2.24) is 14.9 Å². The van der Waals surface area contributed by atoms with Crippen molar-refractivity contribution in [2.45, 2.75) is 19.4 Å². The van der Waals surface area contributed by atoms with Crippen LogP contribution < -0.4 is 26.0 Å². The van der Waals surface area contributed by atoms with Crippen molar-refractivity contribution in [3.63, 3.8) is 0 Å². The lowest BCUT2D eigenvalue weighted by atomic mass is 10.1. The second kappa shape index (κ2) is 8.72. The Morgan fingerprint density at radius 2 is 1.92 bits per heavy atom. The lowest BCUT2D eigenvalue weighted by molar-refractivity contribution is -0.121. The van der Waals surface area contributed by atoms with E-state index in [1.165, 1.54) is 16.8 Å². The Morgan fingerprint density at radius 3 is 2.60 bits per heavy atom. The van der Waals surface area contributed by atoms with Gasteiger partial charge in [-0.05, 0) is 24.1 Å². The van der Waals surface area contributed by atoms with Gasteiger partial charge in [0.25, 0.3) is 5.56 Å². The zero-order valence-corrected chi connectivity index (χ0v) is 14.2. The summed E-state index contributed by atoms with van der Waals surface area (Å²) in [5, 5.41) is 2.80. The van der Waals surface area contributed by atoms with Gasteiger partial charge in [0.05, 0.1) is 14.2 Å². The van der Waals surface area contributed by atoms with Gasteiger partial charge in [0.1, 0.15) is 0 Å². The molecule has 0 fully saturated rings. The smallest absolute Gasteiger partial charge is 0.328 e. The number of hydrogen-bond acceptors (Lipinski definition) is 5. The van der Waals surface area contributed by atoms with Crippen LogP contribution in [0.4, 0.5) is 0 Å². The minimum absolute atomic E-state index is 0.151. The summed E-state index contributed by atoms with van der Waals surface area (Å²) >= 11 is 0. The molecule has 0 aliphatic heterocycles. The number of methoxy groups -OCH3 is 2. The number of rotatable bonds is 8. The second-order valence-corrected chi connectivity index (χ2v) is 5.34. The molecule has 0 aliphatic carbocycles. The Kier molecular flexibility index (Phi) is 6.39. The topological polar surface area (TPSA) is 102 Å². The maximum absolute atomic E-state index is 11.9. The molecule has 8 heteroatoms. The first-order valence-electron chi connectivity index (χ1n) is 7.81. The molecule has 1 amide bonds. The van der Waals surface area contributed by atoms with Gasteiger partial charge >= 0.3 is 5.69 Å². The number of benzene rings is 1. The van der Waals surface area contributed by atoms with Gasteiger partial charge in [-0.2, -0.15) is 0 Å². The molecule has 8 nitrogen and oxygen atoms in total. The monoisotopic (exact) mass is 347 g/mol. The molecule has 1 aromatic heterocycles. The van der Waals surface area contributed by atoms with E-state index in [-0.39, 0.29) is 18.9 Å². The molecule has 0 unspecified atom stereocenters. The molecule has 0 atom stereocenters. The van der Waals surface area contributed by atoms with E-state index < -0.39 is 11.2 Å². The van der Waals surface area contributed by atoms with E-state index in [9.17, 15) is 14.4 Å². The summed E-state index contributed by atoms with van der Waals surface area (Å²) in [6.07, 6.45) is 2.17. The maximum atomic E-state index is 11.9. The van der Waals surface area contributed by atoms with Crippen LogP contribution in [0.15, 0.2) is 40.1 Å². The molecule has 0 saturated carbocycles. The average molecular weight is 347 g/mol. The van der Waals surface area contributed by atoms with Crippen molar-refractivity contribution >= 4 is 5.91 Å². The van der Waals surface area contributed by atoms with Crippen molar-refractivity contribution in [3.8, 4) is 11.5 Å². The fraction of sp³-hybridized carbons (Fsp3) is 0.353. The van der Waals surface area contributed by atoms with E-state index in [4.69, 9.17) is 9.47 Å². The van der Waals surface area contributed by atoms with Crippen molar-refractivity contribution < 1.29 is 14.3 Å². The van der Waals surface area contributed by atoms with Crippen LogP contribution in [0, 0.1) is 0 Å². The third-order valence-corrected chi connectivity index (χ3v) is 3.66. The number of amides is 1. The lowest BCUT2D eigenvalue weighted by Crippen LogP contribution is -2.31. The van der Waals surface area contributed by atoms with Gasteiger partial charge in [-0.1, -0.05) is 6.07 Å². The zero-order valence-electron chi connectivity index (χ0n) is 14.2. The first kappa shape index (κ1) is 18.3. The summed E-state index contributed by atoms with van der Waals surface area (Å²) in [6.45, 7) is 0.673. The van der Waals surface area contributed by atoms with Crippen LogP contribution in [0.2, 0.25) is 0 Å². The summed E-state index contributed by atoms with van der Waals surface area (Å²) in [6, 6.07) is 6.84.